The summed E-state index contributed by atoms with van der Waals surface area (Å²) < 4.78 is 0. The minimum absolute atomic E-state index is 0.356. The van der Waals surface area contributed by atoms with Crippen molar-refractivity contribution in [2.75, 3.05) is 0 Å². The predicted molar refractivity (Wildman–Crippen MR) is 66.7 cm³/mol. The van der Waals surface area contributed by atoms with Crippen LogP contribution in [0.3, 0.4) is 0 Å². The Balaban J connectivity index is 2.48. The van der Waals surface area contributed by atoms with Crippen molar-refractivity contribution in [1.82, 2.24) is 0 Å². The molecule has 1 fully saturated rings. The Labute approximate surface area is 93.2 Å². The Morgan fingerprint density at radius 2 is 1.86 bits per heavy atom. The SMILES string of the molecule is CC(C)C(C)SC1CCC(C)(C)C1N. The van der Waals surface area contributed by atoms with Crippen molar-refractivity contribution in [3.63, 3.8) is 0 Å². The van der Waals surface area contributed by atoms with E-state index in [0.717, 1.165) is 11.2 Å². The van der Waals surface area contributed by atoms with E-state index in [0.29, 0.717) is 16.7 Å². The highest BCUT2D eigenvalue weighted by Crippen LogP contribution is 2.43. The summed E-state index contributed by atoms with van der Waals surface area (Å²) in [5.74, 6) is 0.760. The molecule has 0 saturated heterocycles. The lowest BCUT2D eigenvalue weighted by Crippen LogP contribution is -2.39. The van der Waals surface area contributed by atoms with Crippen LogP contribution in [0.25, 0.3) is 0 Å². The standard InChI is InChI=1S/C12H25NS/c1-8(2)9(3)14-10-6-7-12(4,5)11(10)13/h8-11H,6-7,13H2,1-5H3. The third-order valence-electron chi connectivity index (χ3n) is 3.70. The molecule has 2 N–H and O–H groups in total. The second kappa shape index (κ2) is 4.44. The minimum Gasteiger partial charge on any atom is -0.326 e. The molecule has 0 aromatic rings. The van der Waals surface area contributed by atoms with Crippen molar-refractivity contribution in [2.24, 2.45) is 17.1 Å². The highest BCUT2D eigenvalue weighted by Gasteiger charge is 2.40. The topological polar surface area (TPSA) is 26.0 Å². The number of nitrogens with two attached hydrogens (primary N) is 1. The van der Waals surface area contributed by atoms with Gasteiger partial charge in [-0.1, -0.05) is 34.6 Å². The predicted octanol–water partition coefficient (Wildman–Crippen LogP) is 3.28. The molecule has 0 aromatic carbocycles. The van der Waals surface area contributed by atoms with Crippen LogP contribution < -0.4 is 5.73 Å². The molecule has 0 bridgehead atoms. The first-order chi connectivity index (χ1) is 6.34. The number of hydrogen-bond acceptors (Lipinski definition) is 2. The first-order valence-electron chi connectivity index (χ1n) is 5.75. The Morgan fingerprint density at radius 1 is 1.29 bits per heavy atom. The van der Waals surface area contributed by atoms with Crippen molar-refractivity contribution in [2.45, 2.75) is 64.0 Å². The zero-order chi connectivity index (χ0) is 10.9. The maximum Gasteiger partial charge on any atom is 0.0211 e. The highest BCUT2D eigenvalue weighted by molar-refractivity contribution is 8.00. The van der Waals surface area contributed by atoms with Crippen molar-refractivity contribution in [1.29, 1.82) is 0 Å². The number of hydrogen-bond donors (Lipinski definition) is 1. The van der Waals surface area contributed by atoms with Gasteiger partial charge in [-0.05, 0) is 24.2 Å². The van der Waals surface area contributed by atoms with Crippen molar-refractivity contribution in [3.05, 3.63) is 0 Å². The van der Waals surface area contributed by atoms with Crippen LogP contribution in [0.5, 0.6) is 0 Å². The monoisotopic (exact) mass is 215 g/mol. The zero-order valence-electron chi connectivity index (χ0n) is 10.2. The van der Waals surface area contributed by atoms with Gasteiger partial charge in [0, 0.05) is 16.5 Å². The fraction of sp³-hybridized carbons (Fsp3) is 1.00. The molecule has 1 aliphatic rings. The Hall–Kier alpha value is 0.310. The van der Waals surface area contributed by atoms with Gasteiger partial charge in [0.05, 0.1) is 0 Å². The summed E-state index contributed by atoms with van der Waals surface area (Å²) in [7, 11) is 0. The maximum absolute atomic E-state index is 6.28. The summed E-state index contributed by atoms with van der Waals surface area (Å²) in [5.41, 5.74) is 6.64. The van der Waals surface area contributed by atoms with E-state index in [-0.39, 0.29) is 0 Å². The molecule has 1 saturated carbocycles. The van der Waals surface area contributed by atoms with E-state index in [4.69, 9.17) is 5.73 Å². The Kier molecular flexibility index (Phi) is 3.93. The third-order valence-corrected chi connectivity index (χ3v) is 5.56. The average molecular weight is 215 g/mol. The molecule has 1 aliphatic carbocycles. The lowest BCUT2D eigenvalue weighted by Gasteiger charge is -2.28. The van der Waals surface area contributed by atoms with Crippen LogP contribution in [0, 0.1) is 11.3 Å². The molecule has 1 rings (SSSR count). The number of thioether (sulfide) groups is 1. The molecule has 84 valence electrons. The molecule has 14 heavy (non-hydrogen) atoms. The molecule has 2 heteroatoms. The van der Waals surface area contributed by atoms with Crippen LogP contribution in [0.4, 0.5) is 0 Å². The summed E-state index contributed by atoms with van der Waals surface area (Å²) in [6, 6.07) is 0.383. The van der Waals surface area contributed by atoms with E-state index < -0.39 is 0 Å². The molecule has 0 aromatic heterocycles. The molecule has 0 aliphatic heterocycles. The summed E-state index contributed by atoms with van der Waals surface area (Å²) in [4.78, 5) is 0. The third kappa shape index (κ3) is 2.66. The van der Waals surface area contributed by atoms with Crippen LogP contribution in [0.2, 0.25) is 0 Å². The van der Waals surface area contributed by atoms with Gasteiger partial charge in [-0.25, -0.2) is 0 Å². The molecule has 0 amide bonds. The van der Waals surface area contributed by atoms with Gasteiger partial charge >= 0.3 is 0 Å². The molecule has 3 unspecified atom stereocenters. The van der Waals surface area contributed by atoms with Crippen molar-refractivity contribution >= 4 is 11.8 Å². The quantitative estimate of drug-likeness (QED) is 0.782. The van der Waals surface area contributed by atoms with E-state index in [9.17, 15) is 0 Å². The summed E-state index contributed by atoms with van der Waals surface area (Å²) in [5, 5.41) is 1.42. The zero-order valence-corrected chi connectivity index (χ0v) is 11.0. The van der Waals surface area contributed by atoms with Gasteiger partial charge in [-0.15, -0.1) is 0 Å². The Bertz CT molecular complexity index is 189. The molecule has 0 heterocycles. The maximum atomic E-state index is 6.28. The van der Waals surface area contributed by atoms with Crippen LogP contribution in [-0.2, 0) is 0 Å². The normalized spacial score (nSPS) is 33.6. The van der Waals surface area contributed by atoms with E-state index in [1.165, 1.54) is 12.8 Å². The van der Waals surface area contributed by atoms with Gasteiger partial charge in [0.1, 0.15) is 0 Å². The van der Waals surface area contributed by atoms with E-state index >= 15 is 0 Å². The van der Waals surface area contributed by atoms with E-state index in [1.54, 1.807) is 0 Å². The van der Waals surface area contributed by atoms with Crippen molar-refractivity contribution in [3.8, 4) is 0 Å². The molecular weight excluding hydrogens is 190 g/mol. The fourth-order valence-corrected chi connectivity index (χ4v) is 3.61. The van der Waals surface area contributed by atoms with E-state index in [2.05, 4.69) is 46.4 Å². The first kappa shape index (κ1) is 12.4. The van der Waals surface area contributed by atoms with Gasteiger partial charge in [0.25, 0.3) is 0 Å². The molecule has 0 spiro atoms. The van der Waals surface area contributed by atoms with Gasteiger partial charge in [0.15, 0.2) is 0 Å². The largest absolute Gasteiger partial charge is 0.326 e. The fourth-order valence-electron chi connectivity index (χ4n) is 1.95. The van der Waals surface area contributed by atoms with E-state index in [1.807, 2.05) is 0 Å². The molecule has 0 radical (unpaired) electrons. The second-order valence-corrected chi connectivity index (χ2v) is 7.30. The smallest absolute Gasteiger partial charge is 0.0211 e. The Morgan fingerprint density at radius 3 is 2.21 bits per heavy atom. The first-order valence-corrected chi connectivity index (χ1v) is 6.70. The van der Waals surface area contributed by atoms with Crippen LogP contribution in [-0.4, -0.2) is 16.5 Å². The summed E-state index contributed by atoms with van der Waals surface area (Å²) >= 11 is 2.10. The summed E-state index contributed by atoms with van der Waals surface area (Å²) in [6.07, 6.45) is 2.59. The molecule has 1 nitrogen and oxygen atoms in total. The van der Waals surface area contributed by atoms with Crippen LogP contribution >= 0.6 is 11.8 Å². The highest BCUT2D eigenvalue weighted by atomic mass is 32.2. The van der Waals surface area contributed by atoms with Gasteiger partial charge in [-0.2, -0.15) is 11.8 Å². The average Bonchev–Trinajstić information content (AvgIpc) is 2.32. The lowest BCUT2D eigenvalue weighted by atomic mass is 9.88. The van der Waals surface area contributed by atoms with Gasteiger partial charge < -0.3 is 5.73 Å². The lowest BCUT2D eigenvalue weighted by molar-refractivity contribution is 0.334. The van der Waals surface area contributed by atoms with Crippen molar-refractivity contribution < 1.29 is 0 Å². The summed E-state index contributed by atoms with van der Waals surface area (Å²) in [6.45, 7) is 11.5. The minimum atomic E-state index is 0.356. The van der Waals surface area contributed by atoms with Gasteiger partial charge in [-0.3, -0.25) is 0 Å². The molecular formula is C12H25NS. The van der Waals surface area contributed by atoms with Crippen LogP contribution in [0.1, 0.15) is 47.5 Å². The molecule has 3 atom stereocenters. The van der Waals surface area contributed by atoms with Gasteiger partial charge in [0.2, 0.25) is 0 Å². The van der Waals surface area contributed by atoms with Crippen LogP contribution in [0.15, 0.2) is 0 Å². The number of rotatable bonds is 3. The second-order valence-electron chi connectivity index (χ2n) is 5.68.